The molecule has 0 heterocycles. The van der Waals surface area contributed by atoms with Crippen LogP contribution in [0.4, 0.5) is 5.69 Å². The van der Waals surface area contributed by atoms with Gasteiger partial charge in [-0.1, -0.05) is 0 Å². The second-order valence-electron chi connectivity index (χ2n) is 4.14. The molecule has 1 atom stereocenters. The van der Waals surface area contributed by atoms with Crippen LogP contribution in [-0.4, -0.2) is 31.6 Å². The number of hydrogen-bond acceptors (Lipinski definition) is 4. The quantitative estimate of drug-likeness (QED) is 0.787. The van der Waals surface area contributed by atoms with Gasteiger partial charge in [-0.3, -0.25) is 0 Å². The Morgan fingerprint density at radius 2 is 2.06 bits per heavy atom. The molecule has 0 saturated carbocycles. The minimum Gasteiger partial charge on any atom is -0.508 e. The standard InChI is InChI=1S/C11H17NO3S/c1-8-6-10(4-5-11(8)13)12-9(2)7-16(3,14)15/h4-6,9,12-13H,7H2,1-3H3. The van der Waals surface area contributed by atoms with E-state index in [2.05, 4.69) is 5.32 Å². The normalized spacial score (nSPS) is 13.4. The van der Waals surface area contributed by atoms with Crippen molar-refractivity contribution in [3.8, 4) is 5.75 Å². The summed E-state index contributed by atoms with van der Waals surface area (Å²) in [4.78, 5) is 0. The number of phenolic OH excluding ortho intramolecular Hbond substituents is 1. The van der Waals surface area contributed by atoms with Crippen LogP contribution >= 0.6 is 0 Å². The van der Waals surface area contributed by atoms with E-state index in [0.717, 1.165) is 11.3 Å². The first-order valence-corrected chi connectivity index (χ1v) is 7.08. The highest BCUT2D eigenvalue weighted by atomic mass is 32.2. The predicted molar refractivity (Wildman–Crippen MR) is 65.6 cm³/mol. The molecule has 0 spiro atoms. The molecule has 4 nitrogen and oxygen atoms in total. The first-order chi connectivity index (χ1) is 7.28. The Balaban J connectivity index is 2.70. The van der Waals surface area contributed by atoms with Crippen LogP contribution in [0.2, 0.25) is 0 Å². The fourth-order valence-corrected chi connectivity index (χ4v) is 2.52. The van der Waals surface area contributed by atoms with E-state index in [1.54, 1.807) is 25.1 Å². The van der Waals surface area contributed by atoms with Crippen molar-refractivity contribution in [2.75, 3.05) is 17.3 Å². The van der Waals surface area contributed by atoms with Crippen LogP contribution in [0, 0.1) is 6.92 Å². The van der Waals surface area contributed by atoms with Gasteiger partial charge in [0.25, 0.3) is 0 Å². The molecule has 0 aromatic heterocycles. The van der Waals surface area contributed by atoms with E-state index in [1.807, 2.05) is 6.92 Å². The summed E-state index contributed by atoms with van der Waals surface area (Å²) in [6, 6.07) is 4.94. The van der Waals surface area contributed by atoms with Gasteiger partial charge in [0.2, 0.25) is 0 Å². The van der Waals surface area contributed by atoms with Gasteiger partial charge in [-0.05, 0) is 37.6 Å². The zero-order chi connectivity index (χ0) is 12.3. The van der Waals surface area contributed by atoms with E-state index < -0.39 is 9.84 Å². The third kappa shape index (κ3) is 4.10. The van der Waals surface area contributed by atoms with Crippen LogP contribution in [0.3, 0.4) is 0 Å². The lowest BCUT2D eigenvalue weighted by atomic mass is 10.2. The van der Waals surface area contributed by atoms with Crippen molar-refractivity contribution in [2.24, 2.45) is 0 Å². The zero-order valence-electron chi connectivity index (χ0n) is 9.69. The average molecular weight is 243 g/mol. The van der Waals surface area contributed by atoms with Crippen molar-refractivity contribution in [2.45, 2.75) is 19.9 Å². The molecule has 0 saturated heterocycles. The number of benzene rings is 1. The Kier molecular flexibility index (Phi) is 3.80. The minimum atomic E-state index is -2.97. The fraction of sp³-hybridized carbons (Fsp3) is 0.455. The number of nitrogens with one attached hydrogen (secondary N) is 1. The number of aryl methyl sites for hydroxylation is 1. The van der Waals surface area contributed by atoms with Gasteiger partial charge in [0.15, 0.2) is 0 Å². The molecule has 2 N–H and O–H groups in total. The summed E-state index contributed by atoms with van der Waals surface area (Å²) in [5, 5.41) is 12.4. The van der Waals surface area contributed by atoms with E-state index in [0.29, 0.717) is 0 Å². The third-order valence-electron chi connectivity index (χ3n) is 2.16. The predicted octanol–water partition coefficient (Wildman–Crippen LogP) is 1.55. The lowest BCUT2D eigenvalue weighted by Gasteiger charge is -2.14. The topological polar surface area (TPSA) is 66.4 Å². The SMILES string of the molecule is Cc1cc(NC(C)CS(C)(=O)=O)ccc1O. The number of rotatable bonds is 4. The van der Waals surface area contributed by atoms with Gasteiger partial charge in [-0.25, -0.2) is 8.42 Å². The average Bonchev–Trinajstić information content (AvgIpc) is 2.08. The first-order valence-electron chi connectivity index (χ1n) is 5.02. The minimum absolute atomic E-state index is 0.0902. The Bertz CT molecular complexity index is 468. The molecule has 1 unspecified atom stereocenters. The number of hydrogen-bond donors (Lipinski definition) is 2. The number of sulfone groups is 1. The summed E-state index contributed by atoms with van der Waals surface area (Å²) in [6.07, 6.45) is 1.22. The van der Waals surface area contributed by atoms with Gasteiger partial charge in [0, 0.05) is 18.0 Å². The molecule has 1 rings (SSSR count). The smallest absolute Gasteiger partial charge is 0.149 e. The van der Waals surface area contributed by atoms with Gasteiger partial charge >= 0.3 is 0 Å². The van der Waals surface area contributed by atoms with Gasteiger partial charge in [-0.15, -0.1) is 0 Å². The lowest BCUT2D eigenvalue weighted by Crippen LogP contribution is -2.24. The molecule has 90 valence electrons. The van der Waals surface area contributed by atoms with Gasteiger partial charge < -0.3 is 10.4 Å². The molecule has 1 aromatic carbocycles. The second-order valence-corrected chi connectivity index (χ2v) is 6.32. The highest BCUT2D eigenvalue weighted by molar-refractivity contribution is 7.90. The Hall–Kier alpha value is -1.23. The summed E-state index contributed by atoms with van der Waals surface area (Å²) in [5.41, 5.74) is 1.57. The molecule has 0 bridgehead atoms. The fourth-order valence-electron chi connectivity index (χ4n) is 1.53. The van der Waals surface area contributed by atoms with Gasteiger partial charge in [0.1, 0.15) is 15.6 Å². The highest BCUT2D eigenvalue weighted by Gasteiger charge is 2.10. The molecule has 0 radical (unpaired) electrons. The molecule has 0 fully saturated rings. The van der Waals surface area contributed by atoms with E-state index in [9.17, 15) is 13.5 Å². The molecule has 0 amide bonds. The van der Waals surface area contributed by atoms with Crippen molar-refractivity contribution in [3.63, 3.8) is 0 Å². The maximum absolute atomic E-state index is 11.1. The molecule has 0 aliphatic carbocycles. The van der Waals surface area contributed by atoms with Crippen molar-refractivity contribution >= 4 is 15.5 Å². The Labute approximate surface area is 96.2 Å². The Morgan fingerprint density at radius 3 is 2.56 bits per heavy atom. The third-order valence-corrected chi connectivity index (χ3v) is 3.27. The van der Waals surface area contributed by atoms with Gasteiger partial charge in [-0.2, -0.15) is 0 Å². The second kappa shape index (κ2) is 4.74. The van der Waals surface area contributed by atoms with Crippen LogP contribution in [0.15, 0.2) is 18.2 Å². The molecule has 5 heteroatoms. The van der Waals surface area contributed by atoms with Crippen LogP contribution in [-0.2, 0) is 9.84 Å². The monoisotopic (exact) mass is 243 g/mol. The number of aromatic hydroxyl groups is 1. The van der Waals surface area contributed by atoms with Crippen LogP contribution < -0.4 is 5.32 Å². The van der Waals surface area contributed by atoms with Crippen LogP contribution in [0.25, 0.3) is 0 Å². The maximum atomic E-state index is 11.1. The Morgan fingerprint density at radius 1 is 1.44 bits per heavy atom. The van der Waals surface area contributed by atoms with E-state index in [1.165, 1.54) is 6.26 Å². The molecule has 16 heavy (non-hydrogen) atoms. The summed E-state index contributed by atoms with van der Waals surface area (Å²) in [7, 11) is -2.97. The van der Waals surface area contributed by atoms with E-state index in [-0.39, 0.29) is 17.5 Å². The first kappa shape index (κ1) is 12.8. The highest BCUT2D eigenvalue weighted by Crippen LogP contribution is 2.20. The number of anilines is 1. The van der Waals surface area contributed by atoms with Crippen LogP contribution in [0.1, 0.15) is 12.5 Å². The van der Waals surface area contributed by atoms with Gasteiger partial charge in [0.05, 0.1) is 5.75 Å². The summed E-state index contributed by atoms with van der Waals surface area (Å²) in [5.74, 6) is 0.328. The summed E-state index contributed by atoms with van der Waals surface area (Å²) >= 11 is 0. The van der Waals surface area contributed by atoms with E-state index >= 15 is 0 Å². The summed E-state index contributed by atoms with van der Waals surface area (Å²) in [6.45, 7) is 3.60. The van der Waals surface area contributed by atoms with E-state index in [4.69, 9.17) is 0 Å². The van der Waals surface area contributed by atoms with Crippen molar-refractivity contribution < 1.29 is 13.5 Å². The van der Waals surface area contributed by atoms with Crippen molar-refractivity contribution in [1.82, 2.24) is 0 Å². The molecule has 1 aromatic rings. The molecular weight excluding hydrogens is 226 g/mol. The largest absolute Gasteiger partial charge is 0.508 e. The zero-order valence-corrected chi connectivity index (χ0v) is 10.5. The maximum Gasteiger partial charge on any atom is 0.149 e. The molecule has 0 aliphatic heterocycles. The van der Waals surface area contributed by atoms with Crippen LogP contribution in [0.5, 0.6) is 5.75 Å². The molecular formula is C11H17NO3S. The molecule has 0 aliphatic rings. The lowest BCUT2D eigenvalue weighted by molar-refractivity contribution is 0.471. The number of phenols is 1. The van der Waals surface area contributed by atoms with Crippen molar-refractivity contribution in [1.29, 1.82) is 0 Å². The van der Waals surface area contributed by atoms with Crippen molar-refractivity contribution in [3.05, 3.63) is 23.8 Å². The summed E-state index contributed by atoms with van der Waals surface area (Å²) < 4.78 is 22.1.